The SMILES string of the molecule is c1ccc(CN(CCc2c[nH]c3cc4c(cc23)OCO4)C2CC2)cc1. The third-order valence-corrected chi connectivity index (χ3v) is 5.22. The molecule has 0 atom stereocenters. The van der Waals surface area contributed by atoms with E-state index in [0.717, 1.165) is 42.6 Å². The second kappa shape index (κ2) is 6.12. The van der Waals surface area contributed by atoms with Crippen molar-refractivity contribution in [2.24, 2.45) is 0 Å². The van der Waals surface area contributed by atoms with Crippen molar-refractivity contribution in [1.29, 1.82) is 0 Å². The van der Waals surface area contributed by atoms with Crippen LogP contribution < -0.4 is 9.47 Å². The molecule has 5 rings (SSSR count). The van der Waals surface area contributed by atoms with Crippen LogP contribution in [0.25, 0.3) is 10.9 Å². The third kappa shape index (κ3) is 2.98. The summed E-state index contributed by atoms with van der Waals surface area (Å²) in [5.41, 5.74) is 3.88. The zero-order valence-electron chi connectivity index (χ0n) is 14.2. The van der Waals surface area contributed by atoms with E-state index in [-0.39, 0.29) is 0 Å². The quantitative estimate of drug-likeness (QED) is 0.737. The number of fused-ring (bicyclic) bond motifs is 2. The van der Waals surface area contributed by atoms with Gasteiger partial charge >= 0.3 is 0 Å². The van der Waals surface area contributed by atoms with E-state index in [2.05, 4.69) is 52.5 Å². The van der Waals surface area contributed by atoms with Crippen molar-refractivity contribution in [2.75, 3.05) is 13.3 Å². The molecular weight excluding hydrogens is 312 g/mol. The molecule has 1 aromatic heterocycles. The van der Waals surface area contributed by atoms with Crippen molar-refractivity contribution in [3.8, 4) is 11.5 Å². The van der Waals surface area contributed by atoms with Crippen LogP contribution in [-0.4, -0.2) is 29.3 Å². The molecule has 0 amide bonds. The van der Waals surface area contributed by atoms with E-state index in [1.54, 1.807) is 0 Å². The predicted octanol–water partition coefficient (Wildman–Crippen LogP) is 4.10. The van der Waals surface area contributed by atoms with Crippen LogP contribution in [0, 0.1) is 0 Å². The summed E-state index contributed by atoms with van der Waals surface area (Å²) in [5, 5.41) is 1.25. The van der Waals surface area contributed by atoms with Crippen LogP contribution in [-0.2, 0) is 13.0 Å². The van der Waals surface area contributed by atoms with Gasteiger partial charge in [-0.15, -0.1) is 0 Å². The van der Waals surface area contributed by atoms with Crippen molar-refractivity contribution in [3.05, 3.63) is 59.8 Å². The van der Waals surface area contributed by atoms with Gasteiger partial charge in [0.2, 0.25) is 6.79 Å². The number of nitrogens with one attached hydrogen (secondary N) is 1. The highest BCUT2D eigenvalue weighted by Crippen LogP contribution is 2.37. The molecular formula is C21H22N2O2. The molecule has 1 saturated carbocycles. The van der Waals surface area contributed by atoms with Crippen LogP contribution in [0.1, 0.15) is 24.0 Å². The second-order valence-corrected chi connectivity index (χ2v) is 7.00. The largest absolute Gasteiger partial charge is 0.454 e. The number of hydrogen-bond donors (Lipinski definition) is 1. The van der Waals surface area contributed by atoms with Crippen LogP contribution >= 0.6 is 0 Å². The van der Waals surface area contributed by atoms with Gasteiger partial charge in [0.1, 0.15) is 0 Å². The molecule has 1 aliphatic heterocycles. The van der Waals surface area contributed by atoms with Gasteiger partial charge in [-0.05, 0) is 36.5 Å². The Bertz CT molecular complexity index is 884. The average Bonchev–Trinajstić information content (AvgIpc) is 3.27. The van der Waals surface area contributed by atoms with Gasteiger partial charge in [0.15, 0.2) is 11.5 Å². The maximum Gasteiger partial charge on any atom is 0.231 e. The molecule has 3 aromatic rings. The summed E-state index contributed by atoms with van der Waals surface area (Å²) < 4.78 is 11.0. The molecule has 2 aliphatic rings. The highest BCUT2D eigenvalue weighted by Gasteiger charge is 2.28. The minimum atomic E-state index is 0.323. The Balaban J connectivity index is 1.33. The lowest BCUT2D eigenvalue weighted by Crippen LogP contribution is -2.27. The molecule has 0 radical (unpaired) electrons. The number of H-pyrrole nitrogens is 1. The molecule has 1 aliphatic carbocycles. The van der Waals surface area contributed by atoms with E-state index in [0.29, 0.717) is 6.79 Å². The summed E-state index contributed by atoms with van der Waals surface area (Å²) >= 11 is 0. The van der Waals surface area contributed by atoms with E-state index < -0.39 is 0 Å². The topological polar surface area (TPSA) is 37.5 Å². The minimum absolute atomic E-state index is 0.323. The van der Waals surface area contributed by atoms with Crippen LogP contribution in [0.2, 0.25) is 0 Å². The fraction of sp³-hybridized carbons (Fsp3) is 0.333. The van der Waals surface area contributed by atoms with Crippen LogP contribution in [0.4, 0.5) is 0 Å². The van der Waals surface area contributed by atoms with Gasteiger partial charge in [-0.2, -0.15) is 0 Å². The first-order valence-electron chi connectivity index (χ1n) is 9.04. The molecule has 1 N–H and O–H groups in total. The van der Waals surface area contributed by atoms with Crippen molar-refractivity contribution in [3.63, 3.8) is 0 Å². The Labute approximate surface area is 147 Å². The van der Waals surface area contributed by atoms with Crippen LogP contribution in [0.3, 0.4) is 0 Å². The molecule has 0 saturated heterocycles. The third-order valence-electron chi connectivity index (χ3n) is 5.22. The van der Waals surface area contributed by atoms with E-state index in [9.17, 15) is 0 Å². The Morgan fingerprint density at radius 2 is 1.84 bits per heavy atom. The van der Waals surface area contributed by atoms with Gasteiger partial charge in [-0.3, -0.25) is 4.90 Å². The summed E-state index contributed by atoms with van der Waals surface area (Å²) in [6.45, 7) is 2.45. The Morgan fingerprint density at radius 3 is 2.64 bits per heavy atom. The average molecular weight is 334 g/mol. The second-order valence-electron chi connectivity index (χ2n) is 7.00. The number of nitrogens with zero attached hydrogens (tertiary/aromatic N) is 1. The summed E-state index contributed by atoms with van der Waals surface area (Å²) in [4.78, 5) is 6.01. The maximum atomic E-state index is 5.54. The van der Waals surface area contributed by atoms with Crippen LogP contribution in [0.15, 0.2) is 48.7 Å². The number of aromatic nitrogens is 1. The molecule has 0 bridgehead atoms. The number of aromatic amines is 1. The molecule has 2 heterocycles. The van der Waals surface area contributed by atoms with Crippen LogP contribution in [0.5, 0.6) is 11.5 Å². The van der Waals surface area contributed by atoms with E-state index in [1.165, 1.54) is 29.4 Å². The summed E-state index contributed by atoms with van der Waals surface area (Å²) in [6, 6.07) is 15.7. The summed E-state index contributed by atoms with van der Waals surface area (Å²) in [6.07, 6.45) is 5.84. The molecule has 0 unspecified atom stereocenters. The number of rotatable bonds is 6. The highest BCUT2D eigenvalue weighted by molar-refractivity contribution is 5.87. The van der Waals surface area contributed by atoms with Gasteiger partial charge < -0.3 is 14.5 Å². The van der Waals surface area contributed by atoms with Crippen molar-refractivity contribution >= 4 is 10.9 Å². The standard InChI is InChI=1S/C21H22N2O2/c1-2-4-15(5-3-1)13-23(17-6-7-17)9-8-16-12-22-19-11-21-20(10-18(16)19)24-14-25-21/h1-5,10-12,17,22H,6-9,13-14H2. The molecule has 1 fully saturated rings. The highest BCUT2D eigenvalue weighted by atomic mass is 16.7. The first kappa shape index (κ1) is 14.8. The predicted molar refractivity (Wildman–Crippen MR) is 98.0 cm³/mol. The van der Waals surface area contributed by atoms with Gasteiger partial charge in [0, 0.05) is 42.3 Å². The zero-order chi connectivity index (χ0) is 16.6. The van der Waals surface area contributed by atoms with E-state index >= 15 is 0 Å². The fourth-order valence-corrected chi connectivity index (χ4v) is 3.69. The molecule has 4 heteroatoms. The van der Waals surface area contributed by atoms with Gasteiger partial charge in [-0.1, -0.05) is 30.3 Å². The van der Waals surface area contributed by atoms with Gasteiger partial charge in [-0.25, -0.2) is 0 Å². The van der Waals surface area contributed by atoms with Gasteiger partial charge in [0.05, 0.1) is 0 Å². The first-order chi connectivity index (χ1) is 12.4. The van der Waals surface area contributed by atoms with E-state index in [1.807, 2.05) is 6.07 Å². The minimum Gasteiger partial charge on any atom is -0.454 e. The normalized spacial score (nSPS) is 16.0. The molecule has 128 valence electrons. The Hall–Kier alpha value is -2.46. The number of ether oxygens (including phenoxy) is 2. The van der Waals surface area contributed by atoms with Gasteiger partial charge in [0.25, 0.3) is 0 Å². The number of hydrogen-bond acceptors (Lipinski definition) is 3. The van der Waals surface area contributed by atoms with E-state index in [4.69, 9.17) is 9.47 Å². The summed E-state index contributed by atoms with van der Waals surface area (Å²) in [7, 11) is 0. The monoisotopic (exact) mass is 334 g/mol. The lowest BCUT2D eigenvalue weighted by molar-refractivity contribution is 0.174. The van der Waals surface area contributed by atoms with Crippen molar-refractivity contribution < 1.29 is 9.47 Å². The first-order valence-corrected chi connectivity index (χ1v) is 9.04. The molecule has 4 nitrogen and oxygen atoms in total. The molecule has 2 aromatic carbocycles. The maximum absolute atomic E-state index is 5.54. The lowest BCUT2D eigenvalue weighted by Gasteiger charge is -2.22. The fourth-order valence-electron chi connectivity index (χ4n) is 3.69. The Kier molecular flexibility index (Phi) is 3.63. The summed E-state index contributed by atoms with van der Waals surface area (Å²) in [5.74, 6) is 1.70. The molecule has 0 spiro atoms. The lowest BCUT2D eigenvalue weighted by atomic mass is 10.1. The molecule has 25 heavy (non-hydrogen) atoms. The smallest absolute Gasteiger partial charge is 0.231 e. The van der Waals surface area contributed by atoms with Crippen molar-refractivity contribution in [2.45, 2.75) is 31.8 Å². The zero-order valence-corrected chi connectivity index (χ0v) is 14.2. The van der Waals surface area contributed by atoms with Crippen molar-refractivity contribution in [1.82, 2.24) is 9.88 Å². The Morgan fingerprint density at radius 1 is 1.04 bits per heavy atom. The number of benzene rings is 2.